The molecule has 0 amide bonds. The van der Waals surface area contributed by atoms with Gasteiger partial charge in [0.15, 0.2) is 0 Å². The first-order chi connectivity index (χ1) is 19.6. The van der Waals surface area contributed by atoms with E-state index in [1.165, 1.54) is 148 Å². The van der Waals surface area contributed by atoms with Crippen molar-refractivity contribution in [2.24, 2.45) is 0 Å². The standard InChI is InChI=1S/C36H71O3P.Fe/c1-3-5-7-9-11-13-15-17-19-21-23-25-27-29-31-33-35-39-40(37,38)36-34-32-30-28-26-24-22-20-18-16-14-12-10-8-6-4-2;/h17-20H,3-16,21-36H2,1-2H3,(H,37,38);/b19-17-,20-18-;. The van der Waals surface area contributed by atoms with Gasteiger partial charge in [0.25, 0.3) is 0 Å². The van der Waals surface area contributed by atoms with E-state index in [0.717, 1.165) is 32.1 Å². The molecular weight excluding hydrogens is 567 g/mol. The summed E-state index contributed by atoms with van der Waals surface area (Å²) >= 11 is 0. The van der Waals surface area contributed by atoms with E-state index in [1.54, 1.807) is 0 Å². The second kappa shape index (κ2) is 36.3. The molecule has 5 heteroatoms. The van der Waals surface area contributed by atoms with E-state index in [-0.39, 0.29) is 17.1 Å². The van der Waals surface area contributed by atoms with Crippen LogP contribution in [0.15, 0.2) is 24.3 Å². The molecule has 0 fully saturated rings. The molecule has 246 valence electrons. The number of unbranched alkanes of at least 4 members (excludes halogenated alkanes) is 24. The van der Waals surface area contributed by atoms with E-state index < -0.39 is 7.60 Å². The number of allylic oxidation sites excluding steroid dienone is 4. The normalized spacial score (nSPS) is 13.2. The maximum absolute atomic E-state index is 12.2. The predicted octanol–water partition coefficient (Wildman–Crippen LogP) is 13.3. The van der Waals surface area contributed by atoms with E-state index >= 15 is 0 Å². The van der Waals surface area contributed by atoms with Gasteiger partial charge in [0.05, 0.1) is 6.61 Å². The van der Waals surface area contributed by atoms with Crippen molar-refractivity contribution < 1.29 is 31.1 Å². The van der Waals surface area contributed by atoms with Crippen LogP contribution in [0.3, 0.4) is 0 Å². The average molecular weight is 639 g/mol. The molecule has 0 heterocycles. The quantitative estimate of drug-likeness (QED) is 0.0337. The summed E-state index contributed by atoms with van der Waals surface area (Å²) in [6.45, 7) is 4.98. The van der Waals surface area contributed by atoms with Gasteiger partial charge in [-0.2, -0.15) is 0 Å². The largest absolute Gasteiger partial charge is 0.328 e. The van der Waals surface area contributed by atoms with Crippen LogP contribution in [0.5, 0.6) is 0 Å². The van der Waals surface area contributed by atoms with Crippen LogP contribution in [0.1, 0.15) is 194 Å². The molecule has 0 aliphatic carbocycles. The molecule has 0 saturated carbocycles. The van der Waals surface area contributed by atoms with Gasteiger partial charge in [0, 0.05) is 23.2 Å². The van der Waals surface area contributed by atoms with Crippen molar-refractivity contribution >= 4 is 7.60 Å². The minimum Gasteiger partial charge on any atom is -0.324 e. The Morgan fingerprint density at radius 1 is 0.463 bits per heavy atom. The summed E-state index contributed by atoms with van der Waals surface area (Å²) in [6, 6.07) is 0. The molecule has 0 aromatic rings. The van der Waals surface area contributed by atoms with Crippen molar-refractivity contribution in [3.8, 4) is 0 Å². The Balaban J connectivity index is 0. The molecule has 0 radical (unpaired) electrons. The Labute approximate surface area is 268 Å². The molecule has 1 atom stereocenters. The van der Waals surface area contributed by atoms with Crippen LogP contribution < -0.4 is 0 Å². The van der Waals surface area contributed by atoms with Crippen LogP contribution in [-0.2, 0) is 26.2 Å². The molecule has 3 nitrogen and oxygen atoms in total. The SMILES string of the molecule is CCCCCCCC/C=C\CCCCCCCCOP(=O)(O)CCCCCCCC/C=C\CCCCCCCC.[Fe]. The zero-order valence-electron chi connectivity index (χ0n) is 27.6. The van der Waals surface area contributed by atoms with Gasteiger partial charge in [-0.1, -0.05) is 154 Å². The van der Waals surface area contributed by atoms with Crippen LogP contribution in [-0.4, -0.2) is 17.7 Å². The molecule has 0 aromatic heterocycles. The molecule has 0 saturated heterocycles. The van der Waals surface area contributed by atoms with Crippen molar-refractivity contribution in [3.63, 3.8) is 0 Å². The Hall–Kier alpha value is 0.149. The zero-order chi connectivity index (χ0) is 29.2. The molecule has 1 N–H and O–H groups in total. The van der Waals surface area contributed by atoms with Crippen LogP contribution in [0.2, 0.25) is 0 Å². The molecule has 0 bridgehead atoms. The Morgan fingerprint density at radius 3 is 1.12 bits per heavy atom. The third-order valence-electron chi connectivity index (χ3n) is 7.90. The van der Waals surface area contributed by atoms with Crippen LogP contribution in [0.4, 0.5) is 0 Å². The summed E-state index contributed by atoms with van der Waals surface area (Å²) < 4.78 is 17.6. The van der Waals surface area contributed by atoms with Gasteiger partial charge in [-0.3, -0.25) is 4.57 Å². The van der Waals surface area contributed by atoms with Crippen LogP contribution in [0.25, 0.3) is 0 Å². The van der Waals surface area contributed by atoms with Gasteiger partial charge in [-0.25, -0.2) is 0 Å². The van der Waals surface area contributed by atoms with Gasteiger partial charge < -0.3 is 9.42 Å². The third-order valence-corrected chi connectivity index (χ3v) is 9.37. The first-order valence-corrected chi connectivity index (χ1v) is 19.6. The summed E-state index contributed by atoms with van der Waals surface area (Å²) in [7, 11) is -3.39. The van der Waals surface area contributed by atoms with Crippen molar-refractivity contribution in [1.82, 2.24) is 0 Å². The van der Waals surface area contributed by atoms with Crippen molar-refractivity contribution in [2.75, 3.05) is 12.8 Å². The minimum atomic E-state index is -3.39. The Bertz CT molecular complexity index is 593. The Kier molecular flexibility index (Phi) is 38.4. The fraction of sp³-hybridized carbons (Fsp3) is 0.889. The van der Waals surface area contributed by atoms with E-state index in [2.05, 4.69) is 38.2 Å². The average Bonchev–Trinajstić information content (AvgIpc) is 2.94. The number of rotatable bonds is 33. The van der Waals surface area contributed by atoms with E-state index in [4.69, 9.17) is 4.52 Å². The van der Waals surface area contributed by atoms with Gasteiger partial charge in [-0.05, 0) is 64.2 Å². The molecule has 0 aliphatic rings. The molecule has 0 spiro atoms. The fourth-order valence-electron chi connectivity index (χ4n) is 5.18. The fourth-order valence-corrected chi connectivity index (χ4v) is 6.35. The molecule has 41 heavy (non-hydrogen) atoms. The summed E-state index contributed by atoms with van der Waals surface area (Å²) in [5.41, 5.74) is 0. The zero-order valence-corrected chi connectivity index (χ0v) is 29.6. The second-order valence-corrected chi connectivity index (χ2v) is 14.1. The number of hydrogen-bond donors (Lipinski definition) is 1. The molecule has 1 unspecified atom stereocenters. The molecule has 0 aromatic carbocycles. The summed E-state index contributed by atoms with van der Waals surface area (Å²) in [5.74, 6) is 0. The van der Waals surface area contributed by atoms with E-state index in [1.807, 2.05) is 0 Å². The topological polar surface area (TPSA) is 46.5 Å². The van der Waals surface area contributed by atoms with Crippen molar-refractivity contribution in [3.05, 3.63) is 24.3 Å². The first-order valence-electron chi connectivity index (χ1n) is 17.9. The van der Waals surface area contributed by atoms with Gasteiger partial charge in [0.1, 0.15) is 0 Å². The summed E-state index contributed by atoms with van der Waals surface area (Å²) in [5, 5.41) is 0. The molecular formula is C36H71FeO3P. The smallest absolute Gasteiger partial charge is 0.324 e. The summed E-state index contributed by atoms with van der Waals surface area (Å²) in [4.78, 5) is 10.1. The predicted molar refractivity (Wildman–Crippen MR) is 180 cm³/mol. The molecule has 0 aliphatic heterocycles. The van der Waals surface area contributed by atoms with Crippen LogP contribution in [0, 0.1) is 0 Å². The van der Waals surface area contributed by atoms with Crippen LogP contribution >= 0.6 is 7.60 Å². The minimum absolute atomic E-state index is 0. The van der Waals surface area contributed by atoms with E-state index in [9.17, 15) is 9.46 Å². The maximum atomic E-state index is 12.2. The Morgan fingerprint density at radius 2 is 0.756 bits per heavy atom. The monoisotopic (exact) mass is 638 g/mol. The maximum Gasteiger partial charge on any atom is 0.328 e. The molecule has 0 rings (SSSR count). The van der Waals surface area contributed by atoms with Gasteiger partial charge in [0.2, 0.25) is 0 Å². The second-order valence-electron chi connectivity index (χ2n) is 12.1. The van der Waals surface area contributed by atoms with Gasteiger partial charge in [-0.15, -0.1) is 0 Å². The van der Waals surface area contributed by atoms with Gasteiger partial charge >= 0.3 is 7.60 Å². The number of hydrogen-bond acceptors (Lipinski definition) is 2. The van der Waals surface area contributed by atoms with Crippen molar-refractivity contribution in [1.29, 1.82) is 0 Å². The third kappa shape index (κ3) is 38.1. The van der Waals surface area contributed by atoms with E-state index in [0.29, 0.717) is 12.8 Å². The first kappa shape index (κ1) is 43.3. The van der Waals surface area contributed by atoms with Crippen molar-refractivity contribution in [2.45, 2.75) is 194 Å². The summed E-state index contributed by atoms with van der Waals surface area (Å²) in [6.07, 6.45) is 45.0.